The number of sulfonamides is 1. The molecule has 2 aromatic rings. The Hall–Kier alpha value is -3.20. The number of aliphatic carboxylic acids is 1. The highest BCUT2D eigenvalue weighted by atomic mass is 32.2. The molecule has 0 aliphatic rings. The van der Waals surface area contributed by atoms with Gasteiger partial charge >= 0.3 is 0 Å². The van der Waals surface area contributed by atoms with Crippen molar-refractivity contribution in [2.24, 2.45) is 0 Å². The minimum absolute atomic E-state index is 0.0693. The van der Waals surface area contributed by atoms with Crippen LogP contribution in [0.2, 0.25) is 0 Å². The van der Waals surface area contributed by atoms with Crippen LogP contribution in [0.3, 0.4) is 0 Å². The molecule has 1 amide bonds. The van der Waals surface area contributed by atoms with Crippen LogP contribution in [0.5, 0.6) is 0 Å². The van der Waals surface area contributed by atoms with Crippen molar-refractivity contribution in [3.8, 4) is 0 Å². The molecule has 2 aromatic carbocycles. The fourth-order valence-corrected chi connectivity index (χ4v) is 2.84. The van der Waals surface area contributed by atoms with Gasteiger partial charge in [0.1, 0.15) is 5.82 Å². The van der Waals surface area contributed by atoms with Crippen molar-refractivity contribution < 1.29 is 27.5 Å². The Kier molecular flexibility index (Phi) is 5.50. The van der Waals surface area contributed by atoms with Gasteiger partial charge in [-0.25, -0.2) is 12.8 Å². The molecule has 25 heavy (non-hydrogen) atoms. The van der Waals surface area contributed by atoms with E-state index in [2.05, 4.69) is 10.0 Å². The molecule has 0 fully saturated rings. The normalized spacial score (nSPS) is 11.2. The number of anilines is 2. The van der Waals surface area contributed by atoms with Crippen LogP contribution in [-0.4, -0.2) is 20.3 Å². The van der Waals surface area contributed by atoms with Gasteiger partial charge in [-0.15, -0.1) is 0 Å². The molecule has 0 unspecified atom stereocenters. The number of amides is 1. The number of hydrogen-bond donors (Lipinski definition) is 2. The van der Waals surface area contributed by atoms with E-state index in [9.17, 15) is 27.5 Å². The molecular weight excluding hydrogens is 351 g/mol. The van der Waals surface area contributed by atoms with E-state index in [0.29, 0.717) is 6.08 Å². The average molecular weight is 363 g/mol. The smallest absolute Gasteiger partial charge is 0.261 e. The first kappa shape index (κ1) is 18.1. The summed E-state index contributed by atoms with van der Waals surface area (Å²) in [6, 6.07) is 9.99. The van der Waals surface area contributed by atoms with E-state index in [1.165, 1.54) is 36.4 Å². The third-order valence-electron chi connectivity index (χ3n) is 2.90. The van der Waals surface area contributed by atoms with Crippen molar-refractivity contribution in [2.75, 3.05) is 10.0 Å². The van der Waals surface area contributed by atoms with Crippen LogP contribution in [0.15, 0.2) is 65.6 Å². The number of carboxylic acid groups (broad SMARTS) is 1. The minimum Gasteiger partial charge on any atom is -0.545 e. The first-order valence-electron chi connectivity index (χ1n) is 6.85. The lowest BCUT2D eigenvalue weighted by atomic mass is 10.3. The molecule has 2 rings (SSSR count). The molecule has 0 radical (unpaired) electrons. The summed E-state index contributed by atoms with van der Waals surface area (Å²) < 4.78 is 39.6. The molecule has 0 heterocycles. The molecule has 2 N–H and O–H groups in total. The summed E-state index contributed by atoms with van der Waals surface area (Å²) >= 11 is 0. The predicted molar refractivity (Wildman–Crippen MR) is 86.4 cm³/mol. The van der Waals surface area contributed by atoms with Crippen molar-refractivity contribution in [1.29, 1.82) is 0 Å². The van der Waals surface area contributed by atoms with E-state index in [4.69, 9.17) is 0 Å². The second-order valence-corrected chi connectivity index (χ2v) is 6.46. The first-order valence-corrected chi connectivity index (χ1v) is 8.33. The summed E-state index contributed by atoms with van der Waals surface area (Å²) in [7, 11) is -3.88. The van der Waals surface area contributed by atoms with Gasteiger partial charge in [0.2, 0.25) is 5.91 Å². The van der Waals surface area contributed by atoms with E-state index in [-0.39, 0.29) is 16.3 Å². The molecule has 0 atom stereocenters. The Labute approximate surface area is 142 Å². The third-order valence-corrected chi connectivity index (χ3v) is 4.30. The highest BCUT2D eigenvalue weighted by molar-refractivity contribution is 7.92. The zero-order valence-corrected chi connectivity index (χ0v) is 13.4. The molecule has 0 aromatic heterocycles. The second kappa shape index (κ2) is 7.58. The van der Waals surface area contributed by atoms with Crippen LogP contribution in [0.4, 0.5) is 15.8 Å². The molecule has 0 aliphatic carbocycles. The second-order valence-electron chi connectivity index (χ2n) is 4.78. The Balaban J connectivity index is 2.09. The predicted octanol–water partition coefficient (Wildman–Crippen LogP) is 0.871. The Morgan fingerprint density at radius 2 is 1.48 bits per heavy atom. The number of rotatable bonds is 6. The molecule has 0 saturated heterocycles. The van der Waals surface area contributed by atoms with Gasteiger partial charge in [-0.1, -0.05) is 0 Å². The number of benzene rings is 2. The summed E-state index contributed by atoms with van der Waals surface area (Å²) in [5.41, 5.74) is 0.472. The Morgan fingerprint density at radius 3 is 2.04 bits per heavy atom. The van der Waals surface area contributed by atoms with Crippen LogP contribution < -0.4 is 15.1 Å². The maximum absolute atomic E-state index is 12.8. The summed E-state index contributed by atoms with van der Waals surface area (Å²) in [5, 5.41) is 12.6. The summed E-state index contributed by atoms with van der Waals surface area (Å²) in [4.78, 5) is 21.6. The summed E-state index contributed by atoms with van der Waals surface area (Å²) in [6.07, 6.45) is 1.34. The Bertz CT molecular complexity index is 907. The van der Waals surface area contributed by atoms with E-state index in [1.807, 2.05) is 0 Å². The number of carboxylic acids is 1. The highest BCUT2D eigenvalue weighted by Gasteiger charge is 2.14. The molecule has 9 heteroatoms. The number of carbonyl (C=O) groups excluding carboxylic acids is 2. The molecule has 0 aliphatic heterocycles. The van der Waals surface area contributed by atoms with Crippen LogP contribution in [0.25, 0.3) is 0 Å². The van der Waals surface area contributed by atoms with Gasteiger partial charge in [-0.3, -0.25) is 9.52 Å². The van der Waals surface area contributed by atoms with Gasteiger partial charge in [0, 0.05) is 17.5 Å². The quantitative estimate of drug-likeness (QED) is 0.739. The van der Waals surface area contributed by atoms with Crippen LogP contribution in [-0.2, 0) is 19.6 Å². The van der Waals surface area contributed by atoms with Gasteiger partial charge in [-0.05, 0) is 54.6 Å². The van der Waals surface area contributed by atoms with Gasteiger partial charge in [0.25, 0.3) is 10.0 Å². The lowest BCUT2D eigenvalue weighted by molar-refractivity contribution is -0.297. The summed E-state index contributed by atoms with van der Waals surface area (Å²) in [6.45, 7) is 0. The van der Waals surface area contributed by atoms with Crippen LogP contribution in [0.1, 0.15) is 0 Å². The minimum atomic E-state index is -3.88. The maximum Gasteiger partial charge on any atom is 0.261 e. The van der Waals surface area contributed by atoms with Crippen molar-refractivity contribution in [2.45, 2.75) is 4.90 Å². The third kappa shape index (κ3) is 5.43. The zero-order valence-electron chi connectivity index (χ0n) is 12.6. The molecule has 0 saturated carbocycles. The number of halogens is 1. The van der Waals surface area contributed by atoms with Gasteiger partial charge < -0.3 is 15.2 Å². The van der Waals surface area contributed by atoms with E-state index >= 15 is 0 Å². The first-order chi connectivity index (χ1) is 11.8. The van der Waals surface area contributed by atoms with Gasteiger partial charge in [0.15, 0.2) is 0 Å². The van der Waals surface area contributed by atoms with Crippen molar-refractivity contribution in [3.05, 3.63) is 66.5 Å². The number of nitrogens with one attached hydrogen (secondary N) is 2. The van der Waals surface area contributed by atoms with Gasteiger partial charge in [0.05, 0.1) is 10.9 Å². The van der Waals surface area contributed by atoms with Crippen LogP contribution >= 0.6 is 0 Å². The fraction of sp³-hybridized carbons (Fsp3) is 0. The maximum atomic E-state index is 12.8. The van der Waals surface area contributed by atoms with Crippen molar-refractivity contribution in [3.63, 3.8) is 0 Å². The van der Waals surface area contributed by atoms with Crippen molar-refractivity contribution >= 4 is 33.3 Å². The largest absolute Gasteiger partial charge is 0.545 e. The average Bonchev–Trinajstić information content (AvgIpc) is 2.55. The monoisotopic (exact) mass is 363 g/mol. The lowest BCUT2D eigenvalue weighted by Crippen LogP contribution is -2.20. The van der Waals surface area contributed by atoms with Gasteiger partial charge in [-0.2, -0.15) is 0 Å². The number of carbonyl (C=O) groups is 2. The van der Waals surface area contributed by atoms with E-state index in [0.717, 1.165) is 18.2 Å². The molecule has 0 spiro atoms. The molecule has 0 bridgehead atoms. The molecular formula is C16H12FN2O5S-. The standard InChI is InChI=1S/C16H13FN2O5S/c17-11-1-3-13(4-2-11)19-25(23,24)14-7-5-12(6-8-14)18-15(20)9-10-16(21)22/h1-10,19H,(H,18,20)(H,21,22)/p-1. The zero-order chi connectivity index (χ0) is 18.4. The lowest BCUT2D eigenvalue weighted by Gasteiger charge is -2.09. The Morgan fingerprint density at radius 1 is 0.920 bits per heavy atom. The molecule has 130 valence electrons. The summed E-state index contributed by atoms with van der Waals surface area (Å²) in [5.74, 6) is -2.71. The van der Waals surface area contributed by atoms with E-state index < -0.39 is 27.7 Å². The number of hydrogen-bond acceptors (Lipinski definition) is 5. The van der Waals surface area contributed by atoms with E-state index in [1.54, 1.807) is 0 Å². The van der Waals surface area contributed by atoms with Crippen LogP contribution in [0, 0.1) is 5.82 Å². The fourth-order valence-electron chi connectivity index (χ4n) is 1.78. The highest BCUT2D eigenvalue weighted by Crippen LogP contribution is 2.18. The molecule has 7 nitrogen and oxygen atoms in total. The topological polar surface area (TPSA) is 115 Å². The van der Waals surface area contributed by atoms with Crippen molar-refractivity contribution in [1.82, 2.24) is 0 Å². The SMILES string of the molecule is O=C([O-])C=CC(=O)Nc1ccc(S(=O)(=O)Nc2ccc(F)cc2)cc1.